The van der Waals surface area contributed by atoms with Gasteiger partial charge in [0.25, 0.3) is 6.01 Å². The van der Waals surface area contributed by atoms with Gasteiger partial charge in [-0.05, 0) is 45.7 Å². The number of sulfonamides is 1. The molecule has 3 heterocycles. The lowest BCUT2D eigenvalue weighted by atomic mass is 9.85. The first-order chi connectivity index (χ1) is 14.6. The van der Waals surface area contributed by atoms with Crippen LogP contribution in [0.25, 0.3) is 11.3 Å². The molecule has 0 amide bonds. The minimum atomic E-state index is -4.17. The Morgan fingerprint density at radius 2 is 1.94 bits per heavy atom. The lowest BCUT2D eigenvalue weighted by Gasteiger charge is -2.31. The van der Waals surface area contributed by atoms with Gasteiger partial charge in [-0.2, -0.15) is 18.2 Å². The molecule has 170 valence electrons. The molecule has 0 saturated heterocycles. The van der Waals surface area contributed by atoms with Crippen molar-refractivity contribution >= 4 is 15.8 Å². The fourth-order valence-electron chi connectivity index (χ4n) is 4.03. The van der Waals surface area contributed by atoms with E-state index >= 15 is 0 Å². The maximum absolute atomic E-state index is 13.0. The fraction of sp³-hybridized carbons (Fsp3) is 0.579. The minimum Gasteiger partial charge on any atom is -0.460 e. The second-order valence-corrected chi connectivity index (χ2v) is 9.89. The molecule has 1 fully saturated rings. The van der Waals surface area contributed by atoms with Crippen molar-refractivity contribution in [3.05, 3.63) is 18.5 Å². The first-order valence-electron chi connectivity index (χ1n) is 10.1. The van der Waals surface area contributed by atoms with Crippen molar-refractivity contribution in [2.45, 2.75) is 62.4 Å². The minimum absolute atomic E-state index is 0.00732. The van der Waals surface area contributed by atoms with Crippen LogP contribution >= 0.6 is 0 Å². The zero-order chi connectivity index (χ0) is 22.4. The number of pyridine rings is 1. The highest BCUT2D eigenvalue weighted by Crippen LogP contribution is 2.39. The van der Waals surface area contributed by atoms with Crippen molar-refractivity contribution in [2.24, 2.45) is 5.92 Å². The van der Waals surface area contributed by atoms with Gasteiger partial charge in [-0.1, -0.05) is 0 Å². The first kappa shape index (κ1) is 21.9. The van der Waals surface area contributed by atoms with Crippen LogP contribution in [0.1, 0.15) is 32.6 Å². The molecule has 31 heavy (non-hydrogen) atoms. The summed E-state index contributed by atoms with van der Waals surface area (Å²) in [6.07, 6.45) is -0.401. The van der Waals surface area contributed by atoms with Gasteiger partial charge >= 0.3 is 6.18 Å². The number of aromatic nitrogens is 3. The van der Waals surface area contributed by atoms with Crippen LogP contribution < -0.4 is 14.8 Å². The van der Waals surface area contributed by atoms with Gasteiger partial charge in [-0.15, -0.1) is 0 Å². The second kappa shape index (κ2) is 7.97. The summed E-state index contributed by atoms with van der Waals surface area (Å²) in [4.78, 5) is 8.71. The Morgan fingerprint density at radius 3 is 2.55 bits per heavy atom. The van der Waals surface area contributed by atoms with Crippen LogP contribution in [0, 0.1) is 5.92 Å². The van der Waals surface area contributed by atoms with E-state index < -0.39 is 22.1 Å². The molecule has 2 N–H and O–H groups in total. The zero-order valence-electron chi connectivity index (χ0n) is 17.1. The summed E-state index contributed by atoms with van der Waals surface area (Å²) in [5.41, 5.74) is 0.932. The third-order valence-corrected chi connectivity index (χ3v) is 7.13. The normalized spacial score (nSPS) is 24.0. The summed E-state index contributed by atoms with van der Waals surface area (Å²) >= 11 is 0. The summed E-state index contributed by atoms with van der Waals surface area (Å²) in [5.74, 6) is -0.897. The number of rotatable bonds is 5. The SMILES string of the molecule is CNS(=O)(=O)c1cnc(NC2CCC(C(F)(F)F)CC2)c(-c2cn3c(n2)O[C@H](C)C3)c1. The van der Waals surface area contributed by atoms with Gasteiger partial charge in [0.1, 0.15) is 16.8 Å². The van der Waals surface area contributed by atoms with E-state index in [1.54, 1.807) is 6.20 Å². The van der Waals surface area contributed by atoms with Crippen LogP contribution in [-0.2, 0) is 16.6 Å². The van der Waals surface area contributed by atoms with E-state index in [2.05, 4.69) is 20.0 Å². The fourth-order valence-corrected chi connectivity index (χ4v) is 4.73. The third kappa shape index (κ3) is 4.49. The molecule has 12 heteroatoms. The lowest BCUT2D eigenvalue weighted by molar-refractivity contribution is -0.182. The summed E-state index contributed by atoms with van der Waals surface area (Å²) in [6, 6.07) is 1.70. The molecule has 8 nitrogen and oxygen atoms in total. The second-order valence-electron chi connectivity index (χ2n) is 8.00. The Labute approximate surface area is 178 Å². The molecule has 0 spiro atoms. The predicted octanol–water partition coefficient (Wildman–Crippen LogP) is 3.17. The Bertz CT molecular complexity index is 1040. The van der Waals surface area contributed by atoms with Crippen molar-refractivity contribution in [3.63, 3.8) is 0 Å². The van der Waals surface area contributed by atoms with Crippen LogP contribution in [-0.4, -0.2) is 48.3 Å². The van der Waals surface area contributed by atoms with Crippen molar-refractivity contribution in [1.82, 2.24) is 19.3 Å². The quantitative estimate of drug-likeness (QED) is 0.713. The van der Waals surface area contributed by atoms with Crippen molar-refractivity contribution in [2.75, 3.05) is 12.4 Å². The largest absolute Gasteiger partial charge is 0.460 e. The molecular formula is C19H24F3N5O3S. The smallest absolute Gasteiger partial charge is 0.391 e. The summed E-state index contributed by atoms with van der Waals surface area (Å²) < 4.78 is 73.1. The molecule has 0 radical (unpaired) electrons. The van der Waals surface area contributed by atoms with Crippen LogP contribution in [0.4, 0.5) is 19.0 Å². The van der Waals surface area contributed by atoms with E-state index in [0.717, 1.165) is 0 Å². The number of ether oxygens (including phenoxy) is 1. The van der Waals surface area contributed by atoms with Crippen molar-refractivity contribution < 1.29 is 26.3 Å². The number of imidazole rings is 1. The number of hydrogen-bond donors (Lipinski definition) is 2. The van der Waals surface area contributed by atoms with Gasteiger partial charge in [0.15, 0.2) is 0 Å². The van der Waals surface area contributed by atoms with Crippen LogP contribution in [0.15, 0.2) is 23.4 Å². The summed E-state index contributed by atoms with van der Waals surface area (Å²) in [5, 5.41) is 3.21. The molecule has 2 aromatic rings. The Balaban J connectivity index is 1.62. The number of anilines is 1. The van der Waals surface area contributed by atoms with E-state index in [9.17, 15) is 21.6 Å². The highest BCUT2D eigenvalue weighted by atomic mass is 32.2. The van der Waals surface area contributed by atoms with Crippen molar-refractivity contribution in [3.8, 4) is 17.3 Å². The van der Waals surface area contributed by atoms with Gasteiger partial charge in [0, 0.05) is 24.0 Å². The molecule has 2 aromatic heterocycles. The van der Waals surface area contributed by atoms with E-state index in [0.29, 0.717) is 42.5 Å². The summed E-state index contributed by atoms with van der Waals surface area (Å²) in [7, 11) is -2.43. The van der Waals surface area contributed by atoms with Gasteiger partial charge in [-0.25, -0.2) is 18.1 Å². The molecule has 4 rings (SSSR count). The standard InChI is InChI=1S/C19H24F3N5O3S/c1-11-9-27-10-16(26-18(27)30-11)15-7-14(31(28,29)23-2)8-24-17(15)25-13-5-3-12(4-6-13)19(20,21)22/h7-8,10-13,23H,3-6,9H2,1-2H3,(H,24,25)/t11-,12?,13?/m1/s1. The highest BCUT2D eigenvalue weighted by Gasteiger charge is 2.41. The number of halogens is 3. The van der Waals surface area contributed by atoms with Gasteiger partial charge in [0.2, 0.25) is 10.0 Å². The van der Waals surface area contributed by atoms with Gasteiger partial charge in [0.05, 0.1) is 18.2 Å². The van der Waals surface area contributed by atoms with Crippen LogP contribution in [0.2, 0.25) is 0 Å². The Kier molecular flexibility index (Phi) is 5.63. The average molecular weight is 459 g/mol. The first-order valence-corrected chi connectivity index (χ1v) is 11.6. The number of fused-ring (bicyclic) bond motifs is 1. The number of nitrogens with one attached hydrogen (secondary N) is 2. The molecular weight excluding hydrogens is 435 g/mol. The molecule has 1 saturated carbocycles. The molecule has 1 aliphatic heterocycles. The van der Waals surface area contributed by atoms with E-state index in [-0.39, 0.29) is 29.9 Å². The van der Waals surface area contributed by atoms with E-state index in [4.69, 9.17) is 4.74 Å². The monoisotopic (exact) mass is 459 g/mol. The van der Waals surface area contributed by atoms with E-state index in [1.165, 1.54) is 19.3 Å². The molecule has 1 aliphatic carbocycles. The number of hydrogen-bond acceptors (Lipinski definition) is 6. The number of nitrogens with zero attached hydrogens (tertiary/aromatic N) is 3. The van der Waals surface area contributed by atoms with Crippen LogP contribution in [0.3, 0.4) is 0 Å². The number of alkyl halides is 3. The summed E-state index contributed by atoms with van der Waals surface area (Å²) in [6.45, 7) is 2.54. The van der Waals surface area contributed by atoms with Crippen molar-refractivity contribution in [1.29, 1.82) is 0 Å². The van der Waals surface area contributed by atoms with Gasteiger partial charge in [-0.3, -0.25) is 4.57 Å². The molecule has 0 unspecified atom stereocenters. The van der Waals surface area contributed by atoms with Crippen LogP contribution in [0.5, 0.6) is 6.01 Å². The maximum Gasteiger partial charge on any atom is 0.391 e. The maximum atomic E-state index is 13.0. The highest BCUT2D eigenvalue weighted by molar-refractivity contribution is 7.89. The lowest BCUT2D eigenvalue weighted by Crippen LogP contribution is -2.33. The Morgan fingerprint density at radius 1 is 1.23 bits per heavy atom. The third-order valence-electron chi connectivity index (χ3n) is 5.75. The average Bonchev–Trinajstić information content (AvgIpc) is 3.25. The predicted molar refractivity (Wildman–Crippen MR) is 107 cm³/mol. The molecule has 1 atom stereocenters. The molecule has 0 aromatic carbocycles. The molecule has 0 bridgehead atoms. The molecule has 2 aliphatic rings. The zero-order valence-corrected chi connectivity index (χ0v) is 17.9. The van der Waals surface area contributed by atoms with E-state index in [1.807, 2.05) is 11.5 Å². The van der Waals surface area contributed by atoms with Gasteiger partial charge < -0.3 is 10.1 Å². The Hall–Kier alpha value is -2.34. The topological polar surface area (TPSA) is 98.1 Å².